The van der Waals surface area contributed by atoms with Crippen LogP contribution in [-0.2, 0) is 13.0 Å². The molecule has 0 fully saturated rings. The molecule has 4 nitrogen and oxygen atoms in total. The van der Waals surface area contributed by atoms with E-state index in [-0.39, 0.29) is 6.61 Å². The number of alkyl halides is 1. The Morgan fingerprint density at radius 3 is 2.67 bits per heavy atom. The third-order valence-corrected chi connectivity index (χ3v) is 3.38. The minimum atomic E-state index is 0.270. The lowest BCUT2D eigenvalue weighted by Gasteiger charge is -2.04. The number of fused-ring (bicyclic) bond motifs is 1. The molecule has 21 heavy (non-hydrogen) atoms. The van der Waals surface area contributed by atoms with Gasteiger partial charge in [-0.2, -0.15) is 0 Å². The van der Waals surface area contributed by atoms with Gasteiger partial charge in [-0.25, -0.2) is 0 Å². The van der Waals surface area contributed by atoms with Crippen molar-refractivity contribution in [2.75, 3.05) is 5.88 Å². The molecule has 3 rings (SSSR count). The topological polar surface area (TPSA) is 48.2 Å². The fourth-order valence-electron chi connectivity index (χ4n) is 2.07. The Bertz CT molecular complexity index is 727. The Kier molecular flexibility index (Phi) is 4.36. The highest BCUT2D eigenvalue weighted by Crippen LogP contribution is 2.21. The lowest BCUT2D eigenvalue weighted by atomic mass is 10.1. The normalized spacial score (nSPS) is 10.9. The summed E-state index contributed by atoms with van der Waals surface area (Å²) in [5.41, 5.74) is 0. The summed E-state index contributed by atoms with van der Waals surface area (Å²) in [7, 11) is 0. The molecule has 0 saturated heterocycles. The molecule has 0 amide bonds. The average molecular weight is 303 g/mol. The number of hydrogen-bond donors (Lipinski definition) is 0. The Balaban J connectivity index is 1.64. The maximum atomic E-state index is 5.70. The molecule has 0 radical (unpaired) electrons. The monoisotopic (exact) mass is 302 g/mol. The molecule has 1 aromatic heterocycles. The van der Waals surface area contributed by atoms with E-state index >= 15 is 0 Å². The molecule has 0 unspecified atom stereocenters. The van der Waals surface area contributed by atoms with Crippen LogP contribution in [-0.4, -0.2) is 16.1 Å². The fourth-order valence-corrected chi connectivity index (χ4v) is 2.20. The van der Waals surface area contributed by atoms with Gasteiger partial charge in [0, 0.05) is 12.3 Å². The summed E-state index contributed by atoms with van der Waals surface area (Å²) >= 11 is 5.63. The first-order valence-electron chi connectivity index (χ1n) is 6.84. The van der Waals surface area contributed by atoms with E-state index in [1.807, 2.05) is 30.3 Å². The first-order chi connectivity index (χ1) is 10.3. The Labute approximate surface area is 127 Å². The van der Waals surface area contributed by atoms with E-state index in [2.05, 4.69) is 22.3 Å². The molecule has 5 heteroatoms. The summed E-state index contributed by atoms with van der Waals surface area (Å²) in [5, 5.41) is 10.3. The number of nitrogens with zero attached hydrogens (tertiary/aromatic N) is 2. The molecule has 0 atom stereocenters. The predicted molar refractivity (Wildman–Crippen MR) is 81.6 cm³/mol. The quantitative estimate of drug-likeness (QED) is 0.646. The second kappa shape index (κ2) is 6.59. The van der Waals surface area contributed by atoms with E-state index in [9.17, 15) is 0 Å². The van der Waals surface area contributed by atoms with Crippen LogP contribution < -0.4 is 4.74 Å². The lowest BCUT2D eigenvalue weighted by Crippen LogP contribution is -1.95. The lowest BCUT2D eigenvalue weighted by molar-refractivity contribution is 0.259. The Hall–Kier alpha value is -2.07. The number of hydrogen-bond acceptors (Lipinski definition) is 4. The smallest absolute Gasteiger partial charge is 0.253 e. The van der Waals surface area contributed by atoms with Crippen molar-refractivity contribution in [1.82, 2.24) is 10.2 Å². The second-order valence-corrected chi connectivity index (χ2v) is 5.06. The molecule has 108 valence electrons. The largest absolute Gasteiger partial charge is 0.484 e. The fraction of sp³-hybridized carbons (Fsp3) is 0.250. The van der Waals surface area contributed by atoms with Crippen LogP contribution in [0.2, 0.25) is 0 Å². The van der Waals surface area contributed by atoms with Gasteiger partial charge >= 0.3 is 0 Å². The number of aryl methyl sites for hydroxylation is 1. The number of halogens is 1. The van der Waals surface area contributed by atoms with Gasteiger partial charge in [0.2, 0.25) is 5.89 Å². The second-order valence-electron chi connectivity index (χ2n) is 4.68. The molecule has 0 aliphatic rings. The first kappa shape index (κ1) is 13.9. The van der Waals surface area contributed by atoms with Gasteiger partial charge < -0.3 is 9.15 Å². The van der Waals surface area contributed by atoms with Crippen LogP contribution in [0.4, 0.5) is 0 Å². The van der Waals surface area contributed by atoms with Gasteiger partial charge in [0.15, 0.2) is 6.61 Å². The Morgan fingerprint density at radius 2 is 1.81 bits per heavy atom. The summed E-state index contributed by atoms with van der Waals surface area (Å²) in [5.74, 6) is 2.46. The third kappa shape index (κ3) is 3.52. The highest BCUT2D eigenvalue weighted by Gasteiger charge is 2.06. The summed E-state index contributed by atoms with van der Waals surface area (Å²) in [4.78, 5) is 0. The molecular weight excluding hydrogens is 288 g/mol. The van der Waals surface area contributed by atoms with E-state index in [0.29, 0.717) is 24.1 Å². The van der Waals surface area contributed by atoms with Crippen molar-refractivity contribution < 1.29 is 9.15 Å². The third-order valence-electron chi connectivity index (χ3n) is 3.12. The van der Waals surface area contributed by atoms with Crippen LogP contribution in [0.15, 0.2) is 46.9 Å². The molecular formula is C16H15ClN2O2. The SMILES string of the molecule is ClCCCc1nnc(COc2ccc3ccccc3c2)o1. The van der Waals surface area contributed by atoms with Crippen molar-refractivity contribution in [2.24, 2.45) is 0 Å². The van der Waals surface area contributed by atoms with E-state index in [1.165, 1.54) is 5.39 Å². The van der Waals surface area contributed by atoms with Crippen LogP contribution in [0, 0.1) is 0 Å². The summed E-state index contributed by atoms with van der Waals surface area (Å²) < 4.78 is 11.2. The van der Waals surface area contributed by atoms with Crippen LogP contribution in [0.5, 0.6) is 5.75 Å². The van der Waals surface area contributed by atoms with Crippen molar-refractivity contribution in [3.8, 4) is 5.75 Å². The van der Waals surface area contributed by atoms with Crippen molar-refractivity contribution in [3.63, 3.8) is 0 Å². The van der Waals surface area contributed by atoms with Gasteiger partial charge in [-0.15, -0.1) is 21.8 Å². The van der Waals surface area contributed by atoms with Gasteiger partial charge in [0.1, 0.15) is 5.75 Å². The van der Waals surface area contributed by atoms with Gasteiger partial charge in [-0.3, -0.25) is 0 Å². The van der Waals surface area contributed by atoms with Crippen molar-refractivity contribution in [2.45, 2.75) is 19.4 Å². The zero-order chi connectivity index (χ0) is 14.5. The van der Waals surface area contributed by atoms with Gasteiger partial charge in [-0.05, 0) is 29.3 Å². The highest BCUT2D eigenvalue weighted by molar-refractivity contribution is 6.17. The summed E-state index contributed by atoms with van der Waals surface area (Å²) in [6, 6.07) is 14.1. The van der Waals surface area contributed by atoms with E-state index in [0.717, 1.165) is 17.6 Å². The van der Waals surface area contributed by atoms with E-state index in [4.69, 9.17) is 20.8 Å². The predicted octanol–water partition coefficient (Wildman–Crippen LogP) is 3.97. The molecule has 0 spiro atoms. The van der Waals surface area contributed by atoms with Crippen LogP contribution >= 0.6 is 11.6 Å². The molecule has 2 aromatic carbocycles. The minimum absolute atomic E-state index is 0.270. The van der Waals surface area contributed by atoms with Gasteiger partial charge in [-0.1, -0.05) is 30.3 Å². The zero-order valence-corrected chi connectivity index (χ0v) is 12.2. The van der Waals surface area contributed by atoms with Gasteiger partial charge in [0.05, 0.1) is 0 Å². The zero-order valence-electron chi connectivity index (χ0n) is 11.5. The Morgan fingerprint density at radius 1 is 1.00 bits per heavy atom. The molecule has 0 saturated carbocycles. The van der Waals surface area contributed by atoms with Gasteiger partial charge in [0.25, 0.3) is 5.89 Å². The molecule has 3 aromatic rings. The average Bonchev–Trinajstić information content (AvgIpc) is 2.98. The van der Waals surface area contributed by atoms with Crippen molar-refractivity contribution in [3.05, 3.63) is 54.2 Å². The summed E-state index contributed by atoms with van der Waals surface area (Å²) in [6.45, 7) is 0.270. The summed E-state index contributed by atoms with van der Waals surface area (Å²) in [6.07, 6.45) is 1.53. The number of aromatic nitrogens is 2. The molecule has 0 N–H and O–H groups in total. The van der Waals surface area contributed by atoms with Crippen LogP contribution in [0.25, 0.3) is 10.8 Å². The minimum Gasteiger partial charge on any atom is -0.484 e. The molecule has 0 bridgehead atoms. The maximum Gasteiger partial charge on any atom is 0.253 e. The van der Waals surface area contributed by atoms with Crippen molar-refractivity contribution >= 4 is 22.4 Å². The molecule has 0 aliphatic carbocycles. The number of ether oxygens (including phenoxy) is 1. The number of benzene rings is 2. The van der Waals surface area contributed by atoms with Crippen molar-refractivity contribution in [1.29, 1.82) is 0 Å². The van der Waals surface area contributed by atoms with E-state index in [1.54, 1.807) is 0 Å². The maximum absolute atomic E-state index is 5.70. The van der Waals surface area contributed by atoms with E-state index < -0.39 is 0 Å². The van der Waals surface area contributed by atoms with Crippen LogP contribution in [0.1, 0.15) is 18.2 Å². The molecule has 0 aliphatic heterocycles. The first-order valence-corrected chi connectivity index (χ1v) is 7.37. The number of rotatable bonds is 6. The van der Waals surface area contributed by atoms with Crippen LogP contribution in [0.3, 0.4) is 0 Å². The highest BCUT2D eigenvalue weighted by atomic mass is 35.5. The standard InChI is InChI=1S/C16H15ClN2O2/c17-9-3-6-15-18-19-16(21-15)11-20-14-8-7-12-4-1-2-5-13(12)10-14/h1-2,4-5,7-8,10H,3,6,9,11H2. The molecule has 1 heterocycles.